The summed E-state index contributed by atoms with van der Waals surface area (Å²) in [7, 11) is -12.4. The zero-order valence-corrected chi connectivity index (χ0v) is 14.6. The molecule has 0 bridgehead atoms. The van der Waals surface area contributed by atoms with Gasteiger partial charge in [0, 0.05) is 0 Å². The molecule has 0 radical (unpaired) electrons. The Morgan fingerprint density at radius 1 is 1.13 bits per heavy atom. The standard InChI is InChI=1S/C11H17NO8S3/c1-21(13,14)20-6-7-22(15,16)10-3-2-9(4-5-12)11(8-10)23(17,18)19/h2-3,8H,4-7,12H2,1H3,(H,17,18,19). The summed E-state index contributed by atoms with van der Waals surface area (Å²) < 4.78 is 82.1. The van der Waals surface area contributed by atoms with Crippen LogP contribution in [-0.4, -0.2) is 55.0 Å². The average Bonchev–Trinajstić information content (AvgIpc) is 2.36. The Kier molecular flexibility index (Phi) is 6.29. The van der Waals surface area contributed by atoms with Crippen LogP contribution >= 0.6 is 0 Å². The smallest absolute Gasteiger partial charge is 0.294 e. The first-order valence-corrected chi connectivity index (χ1v) is 11.2. The molecule has 9 nitrogen and oxygen atoms in total. The zero-order valence-electron chi connectivity index (χ0n) is 12.2. The van der Waals surface area contributed by atoms with Crippen LogP contribution in [0, 0.1) is 0 Å². The van der Waals surface area contributed by atoms with Crippen molar-refractivity contribution in [3.63, 3.8) is 0 Å². The summed E-state index contributed by atoms with van der Waals surface area (Å²) in [6.07, 6.45) is 0.907. The molecule has 0 saturated heterocycles. The van der Waals surface area contributed by atoms with Crippen LogP contribution in [0.25, 0.3) is 0 Å². The molecule has 0 aliphatic rings. The average molecular weight is 387 g/mol. The van der Waals surface area contributed by atoms with Gasteiger partial charge >= 0.3 is 0 Å². The van der Waals surface area contributed by atoms with Gasteiger partial charge in [0.2, 0.25) is 0 Å². The third-order valence-electron chi connectivity index (χ3n) is 2.74. The van der Waals surface area contributed by atoms with Crippen LogP contribution in [0.5, 0.6) is 0 Å². The van der Waals surface area contributed by atoms with E-state index in [1.807, 2.05) is 0 Å². The molecule has 0 unspecified atom stereocenters. The van der Waals surface area contributed by atoms with Crippen molar-refractivity contribution in [1.29, 1.82) is 0 Å². The lowest BCUT2D eigenvalue weighted by Gasteiger charge is -2.10. The Hall–Kier alpha value is -1.05. The molecular formula is C11H17NO8S3. The highest BCUT2D eigenvalue weighted by molar-refractivity contribution is 7.91. The van der Waals surface area contributed by atoms with Gasteiger partial charge in [0.15, 0.2) is 9.84 Å². The molecule has 0 spiro atoms. The van der Waals surface area contributed by atoms with E-state index in [0.29, 0.717) is 0 Å². The number of hydrogen-bond donors (Lipinski definition) is 2. The van der Waals surface area contributed by atoms with Crippen LogP contribution in [0.4, 0.5) is 0 Å². The van der Waals surface area contributed by atoms with Crippen LogP contribution in [0.3, 0.4) is 0 Å². The minimum absolute atomic E-state index is 0.108. The molecule has 0 aliphatic carbocycles. The van der Waals surface area contributed by atoms with Crippen molar-refractivity contribution in [1.82, 2.24) is 0 Å². The van der Waals surface area contributed by atoms with Gasteiger partial charge in [-0.1, -0.05) is 6.07 Å². The molecule has 132 valence electrons. The summed E-state index contributed by atoms with van der Waals surface area (Å²) in [6.45, 7) is -0.496. The second kappa shape index (κ2) is 7.23. The first kappa shape index (κ1) is 20.0. The molecule has 3 N–H and O–H groups in total. The molecule has 0 aromatic heterocycles. The van der Waals surface area contributed by atoms with Crippen LogP contribution in [-0.2, 0) is 40.7 Å². The summed E-state index contributed by atoms with van der Waals surface area (Å²) >= 11 is 0. The van der Waals surface area contributed by atoms with E-state index >= 15 is 0 Å². The fourth-order valence-electron chi connectivity index (χ4n) is 1.74. The number of benzene rings is 1. The lowest BCUT2D eigenvalue weighted by molar-refractivity contribution is 0.343. The summed E-state index contributed by atoms with van der Waals surface area (Å²) in [5.74, 6) is -0.665. The Morgan fingerprint density at radius 3 is 2.22 bits per heavy atom. The van der Waals surface area contributed by atoms with Crippen molar-refractivity contribution < 1.29 is 34.0 Å². The Balaban J connectivity index is 3.18. The predicted molar refractivity (Wildman–Crippen MR) is 81.9 cm³/mol. The van der Waals surface area contributed by atoms with E-state index in [9.17, 15) is 29.8 Å². The van der Waals surface area contributed by atoms with E-state index in [4.69, 9.17) is 5.73 Å². The van der Waals surface area contributed by atoms with Crippen molar-refractivity contribution in [3.05, 3.63) is 23.8 Å². The molecule has 1 aromatic rings. The Bertz CT molecular complexity index is 872. The maximum Gasteiger partial charge on any atom is 0.294 e. The highest BCUT2D eigenvalue weighted by Crippen LogP contribution is 2.22. The zero-order chi connectivity index (χ0) is 17.9. The van der Waals surface area contributed by atoms with Crippen LogP contribution in [0.2, 0.25) is 0 Å². The molecule has 0 aliphatic heterocycles. The van der Waals surface area contributed by atoms with Crippen LogP contribution in [0.15, 0.2) is 28.0 Å². The minimum atomic E-state index is -4.63. The predicted octanol–water partition coefficient (Wildman–Crippen LogP) is -0.816. The van der Waals surface area contributed by atoms with Crippen molar-refractivity contribution in [2.45, 2.75) is 16.2 Å². The summed E-state index contributed by atoms with van der Waals surface area (Å²) in [4.78, 5) is -0.920. The van der Waals surface area contributed by atoms with Crippen molar-refractivity contribution in [2.24, 2.45) is 5.73 Å². The maximum absolute atomic E-state index is 12.1. The topological polar surface area (TPSA) is 158 Å². The lowest BCUT2D eigenvalue weighted by atomic mass is 10.1. The fourth-order valence-corrected chi connectivity index (χ4v) is 4.20. The van der Waals surface area contributed by atoms with Gasteiger partial charge in [-0.05, 0) is 30.7 Å². The van der Waals surface area contributed by atoms with Gasteiger partial charge in [-0.2, -0.15) is 16.8 Å². The molecule has 0 amide bonds. The van der Waals surface area contributed by atoms with Gasteiger partial charge in [-0.15, -0.1) is 0 Å². The highest BCUT2D eigenvalue weighted by Gasteiger charge is 2.22. The molecule has 0 fully saturated rings. The summed E-state index contributed by atoms with van der Waals surface area (Å²) in [5, 5.41) is 0. The third-order valence-corrected chi connectivity index (χ3v) is 5.95. The molecule has 0 heterocycles. The van der Waals surface area contributed by atoms with Gasteiger partial charge in [-0.3, -0.25) is 8.74 Å². The molecule has 0 saturated carbocycles. The van der Waals surface area contributed by atoms with Gasteiger partial charge < -0.3 is 5.73 Å². The molecule has 0 atom stereocenters. The van der Waals surface area contributed by atoms with Gasteiger partial charge in [0.1, 0.15) is 0 Å². The first-order chi connectivity index (χ1) is 10.4. The Labute approximate surface area is 135 Å². The Morgan fingerprint density at radius 2 is 1.74 bits per heavy atom. The lowest BCUT2D eigenvalue weighted by Crippen LogP contribution is -2.16. The minimum Gasteiger partial charge on any atom is -0.330 e. The highest BCUT2D eigenvalue weighted by atomic mass is 32.2. The largest absolute Gasteiger partial charge is 0.330 e. The second-order valence-corrected chi connectivity index (χ2v) is 9.77. The summed E-state index contributed by atoms with van der Waals surface area (Å²) in [5.41, 5.74) is 5.52. The van der Waals surface area contributed by atoms with E-state index < -0.39 is 47.3 Å². The number of hydrogen-bond acceptors (Lipinski definition) is 8. The van der Waals surface area contributed by atoms with Crippen molar-refractivity contribution in [3.8, 4) is 0 Å². The van der Waals surface area contributed by atoms with Gasteiger partial charge in [0.05, 0.1) is 28.4 Å². The number of rotatable bonds is 8. The van der Waals surface area contributed by atoms with Crippen LogP contribution in [0.1, 0.15) is 5.56 Å². The first-order valence-electron chi connectivity index (χ1n) is 6.24. The van der Waals surface area contributed by atoms with E-state index in [2.05, 4.69) is 4.18 Å². The van der Waals surface area contributed by atoms with Crippen LogP contribution < -0.4 is 5.73 Å². The quantitative estimate of drug-likeness (QED) is 0.429. The van der Waals surface area contributed by atoms with Crippen molar-refractivity contribution >= 4 is 30.1 Å². The number of nitrogens with two attached hydrogens (primary N) is 1. The molecule has 23 heavy (non-hydrogen) atoms. The molecule has 12 heteroatoms. The van der Waals surface area contributed by atoms with Gasteiger partial charge in [0.25, 0.3) is 20.2 Å². The SMILES string of the molecule is CS(=O)(=O)OCCS(=O)(=O)c1ccc(CCN)c(S(=O)(=O)O)c1. The van der Waals surface area contributed by atoms with Crippen molar-refractivity contribution in [2.75, 3.05) is 25.2 Å². The number of sulfone groups is 1. The molecule has 1 rings (SSSR count). The fraction of sp³-hybridized carbons (Fsp3) is 0.455. The molecular weight excluding hydrogens is 370 g/mol. The monoisotopic (exact) mass is 387 g/mol. The van der Waals surface area contributed by atoms with E-state index in [1.165, 1.54) is 6.07 Å². The molecule has 1 aromatic carbocycles. The summed E-state index contributed by atoms with van der Waals surface area (Å²) in [6, 6.07) is 3.21. The van der Waals surface area contributed by atoms with E-state index in [0.717, 1.165) is 18.4 Å². The third kappa shape index (κ3) is 6.16. The van der Waals surface area contributed by atoms with Gasteiger partial charge in [-0.25, -0.2) is 8.42 Å². The maximum atomic E-state index is 12.1. The normalized spacial score (nSPS) is 13.2. The second-order valence-electron chi connectivity index (χ2n) is 4.63. The van der Waals surface area contributed by atoms with E-state index in [-0.39, 0.29) is 23.4 Å². The van der Waals surface area contributed by atoms with E-state index in [1.54, 1.807) is 0 Å².